The fraction of sp³-hybridized carbons (Fsp3) is 0.514. The van der Waals surface area contributed by atoms with E-state index in [0.29, 0.717) is 11.3 Å². The van der Waals surface area contributed by atoms with Crippen LogP contribution in [0.1, 0.15) is 66.5 Å². The number of benzene rings is 2. The smallest absolute Gasteiger partial charge is 0.260 e. The summed E-state index contributed by atoms with van der Waals surface area (Å²) < 4.78 is 32.8. The van der Waals surface area contributed by atoms with Crippen LogP contribution in [0.25, 0.3) is 0 Å². The zero-order valence-electron chi connectivity index (χ0n) is 29.1. The van der Waals surface area contributed by atoms with Crippen LogP contribution in [0.3, 0.4) is 0 Å². The molecule has 0 bridgehead atoms. The van der Waals surface area contributed by atoms with E-state index in [-0.39, 0.29) is 29.1 Å². The van der Waals surface area contributed by atoms with Gasteiger partial charge in [0.15, 0.2) is 0 Å². The summed E-state index contributed by atoms with van der Waals surface area (Å²) in [5, 5.41) is 6.15. The molecular formula is C35H52N4O6S. The van der Waals surface area contributed by atoms with Crippen molar-refractivity contribution in [3.63, 3.8) is 0 Å². The van der Waals surface area contributed by atoms with Crippen LogP contribution in [-0.2, 0) is 35.6 Å². The third-order valence-corrected chi connectivity index (χ3v) is 9.42. The number of hydrogen-bond acceptors (Lipinski definition) is 7. The summed E-state index contributed by atoms with van der Waals surface area (Å²) in [5.41, 5.74) is 0.327. The number of sulfonamides is 1. The van der Waals surface area contributed by atoms with Gasteiger partial charge in [0.1, 0.15) is 11.8 Å². The number of methoxy groups -OCH3 is 1. The highest BCUT2D eigenvalue weighted by molar-refractivity contribution is 7.89. The van der Waals surface area contributed by atoms with Crippen molar-refractivity contribution in [1.29, 1.82) is 0 Å². The molecule has 0 fully saturated rings. The Labute approximate surface area is 275 Å². The Morgan fingerprint density at radius 1 is 0.935 bits per heavy atom. The molecule has 0 aliphatic carbocycles. The maximum atomic E-state index is 14.1. The minimum absolute atomic E-state index is 0.131. The number of nitrogens with zero attached hydrogens (tertiary/aromatic N) is 1. The van der Waals surface area contributed by atoms with Gasteiger partial charge < -0.3 is 20.3 Å². The molecule has 0 saturated carbocycles. The Morgan fingerprint density at radius 3 is 1.98 bits per heavy atom. The van der Waals surface area contributed by atoms with Gasteiger partial charge in [-0.2, -0.15) is 0 Å². The number of likely N-dealkylation sites (N-methyl/N-ethyl adjacent to an activating group) is 2. The summed E-state index contributed by atoms with van der Waals surface area (Å²) >= 11 is 0. The molecule has 10 nitrogen and oxygen atoms in total. The first-order valence-corrected chi connectivity index (χ1v) is 17.1. The minimum atomic E-state index is -3.94. The van der Waals surface area contributed by atoms with Crippen molar-refractivity contribution in [2.45, 2.75) is 84.7 Å². The van der Waals surface area contributed by atoms with Crippen molar-refractivity contribution in [2.75, 3.05) is 21.2 Å². The van der Waals surface area contributed by atoms with E-state index < -0.39 is 44.9 Å². The minimum Gasteiger partial charge on any atom is -0.497 e. The molecule has 2 rings (SSSR count). The lowest BCUT2D eigenvalue weighted by molar-refractivity contribution is -0.140. The van der Waals surface area contributed by atoms with Gasteiger partial charge >= 0.3 is 0 Å². The molecule has 2 aromatic rings. The van der Waals surface area contributed by atoms with Crippen molar-refractivity contribution in [3.8, 4) is 5.75 Å². The van der Waals surface area contributed by atoms with Gasteiger partial charge in [-0.1, -0.05) is 97.0 Å². The van der Waals surface area contributed by atoms with Gasteiger partial charge in [0.2, 0.25) is 21.8 Å². The average molecular weight is 657 g/mol. The second-order valence-electron chi connectivity index (χ2n) is 13.7. The van der Waals surface area contributed by atoms with E-state index in [4.69, 9.17) is 4.74 Å². The summed E-state index contributed by atoms with van der Waals surface area (Å²) in [6, 6.07) is 14.0. The highest BCUT2D eigenvalue weighted by Crippen LogP contribution is 2.30. The lowest BCUT2D eigenvalue weighted by Gasteiger charge is -2.40. The first-order chi connectivity index (χ1) is 21.2. The number of carbonyl (C=O) groups excluding carboxylic acids is 3. The molecule has 2 aromatic carbocycles. The van der Waals surface area contributed by atoms with Gasteiger partial charge in [-0.05, 0) is 48.6 Å². The van der Waals surface area contributed by atoms with E-state index in [1.807, 2.05) is 72.7 Å². The van der Waals surface area contributed by atoms with Crippen LogP contribution in [0.5, 0.6) is 5.75 Å². The molecule has 254 valence electrons. The summed E-state index contributed by atoms with van der Waals surface area (Å²) in [4.78, 5) is 42.4. The van der Waals surface area contributed by atoms with Crippen LogP contribution in [0, 0.1) is 11.3 Å². The SMILES string of the molecule is CNC(C(=O)NC(C(=O)N(C)C(/C=C(\C)C(=O)NS(=O)(=O)Cc1ccccc1)C(C)C)C(C)(C)C)C(C)(C)c1ccc(OC)cc1. The zero-order valence-corrected chi connectivity index (χ0v) is 29.9. The van der Waals surface area contributed by atoms with Crippen molar-refractivity contribution >= 4 is 27.7 Å². The predicted octanol–water partition coefficient (Wildman–Crippen LogP) is 4.17. The second-order valence-corrected chi connectivity index (χ2v) is 15.4. The summed E-state index contributed by atoms with van der Waals surface area (Å²) in [6.45, 7) is 14.9. The fourth-order valence-electron chi connectivity index (χ4n) is 5.37. The van der Waals surface area contributed by atoms with Gasteiger partial charge in [0, 0.05) is 18.0 Å². The van der Waals surface area contributed by atoms with E-state index in [1.165, 1.54) is 11.8 Å². The number of carbonyl (C=O) groups is 3. The number of nitrogens with one attached hydrogen (secondary N) is 3. The maximum absolute atomic E-state index is 14.1. The predicted molar refractivity (Wildman–Crippen MR) is 183 cm³/mol. The molecule has 3 atom stereocenters. The van der Waals surface area contributed by atoms with Crippen LogP contribution >= 0.6 is 0 Å². The molecular weight excluding hydrogens is 604 g/mol. The molecule has 0 aliphatic rings. The Bertz CT molecular complexity index is 1480. The van der Waals surface area contributed by atoms with Gasteiger partial charge in [0.05, 0.1) is 24.9 Å². The summed E-state index contributed by atoms with van der Waals surface area (Å²) in [7, 11) is 0.989. The Morgan fingerprint density at radius 2 is 1.50 bits per heavy atom. The van der Waals surface area contributed by atoms with Crippen molar-refractivity contribution < 1.29 is 27.5 Å². The van der Waals surface area contributed by atoms with Gasteiger partial charge in [-0.15, -0.1) is 0 Å². The van der Waals surface area contributed by atoms with Crippen LogP contribution in [0.2, 0.25) is 0 Å². The highest BCUT2D eigenvalue weighted by Gasteiger charge is 2.41. The largest absolute Gasteiger partial charge is 0.497 e. The van der Waals surface area contributed by atoms with Crippen molar-refractivity contribution in [3.05, 3.63) is 77.4 Å². The molecule has 0 aromatic heterocycles. The van der Waals surface area contributed by atoms with E-state index in [2.05, 4.69) is 15.4 Å². The van der Waals surface area contributed by atoms with Crippen molar-refractivity contribution in [2.24, 2.45) is 11.3 Å². The molecule has 0 radical (unpaired) electrons. The topological polar surface area (TPSA) is 134 Å². The highest BCUT2D eigenvalue weighted by atomic mass is 32.2. The van der Waals surface area contributed by atoms with Crippen LogP contribution in [-0.4, -0.2) is 70.4 Å². The first kappa shape index (κ1) is 38.5. The van der Waals surface area contributed by atoms with Crippen molar-refractivity contribution in [1.82, 2.24) is 20.3 Å². The second kappa shape index (κ2) is 15.7. The summed E-state index contributed by atoms with van der Waals surface area (Å²) in [6.07, 6.45) is 1.60. The van der Waals surface area contributed by atoms with E-state index >= 15 is 0 Å². The summed E-state index contributed by atoms with van der Waals surface area (Å²) in [5.74, 6) is -1.19. The zero-order chi connectivity index (χ0) is 35.0. The van der Waals surface area contributed by atoms with Crippen LogP contribution in [0.4, 0.5) is 0 Å². The lowest BCUT2D eigenvalue weighted by Crippen LogP contribution is -2.61. The molecule has 0 heterocycles. The standard InChI is InChI=1S/C35H52N4O6S/c1-23(2)28(21-24(3)31(40)38-46(43,44)22-25-15-13-12-14-16-25)39(10)33(42)30(34(4,5)6)37-32(41)29(36-9)35(7,8)26-17-19-27(45-11)20-18-26/h12-21,23,28-30,36H,22H2,1-11H3,(H,37,41)(H,38,40)/b24-21+. The Balaban J connectivity index is 2.30. The molecule has 46 heavy (non-hydrogen) atoms. The molecule has 0 saturated heterocycles. The average Bonchev–Trinajstić information content (AvgIpc) is 2.97. The quantitative estimate of drug-likeness (QED) is 0.260. The molecule has 0 spiro atoms. The first-order valence-electron chi connectivity index (χ1n) is 15.4. The third kappa shape index (κ3) is 10.2. The molecule has 0 aliphatic heterocycles. The van der Waals surface area contributed by atoms with E-state index in [9.17, 15) is 22.8 Å². The third-order valence-electron chi connectivity index (χ3n) is 8.21. The maximum Gasteiger partial charge on any atom is 0.260 e. The monoisotopic (exact) mass is 656 g/mol. The number of hydrogen-bond donors (Lipinski definition) is 3. The van der Waals surface area contributed by atoms with E-state index in [0.717, 1.165) is 5.56 Å². The molecule has 3 unspecified atom stereocenters. The Kier molecular flexibility index (Phi) is 13.2. The molecule has 11 heteroatoms. The Hall–Kier alpha value is -3.70. The number of amides is 3. The molecule has 3 N–H and O–H groups in total. The van der Waals surface area contributed by atoms with Crippen LogP contribution in [0.15, 0.2) is 66.2 Å². The van der Waals surface area contributed by atoms with E-state index in [1.54, 1.807) is 57.6 Å². The lowest BCUT2D eigenvalue weighted by atomic mass is 9.76. The van der Waals surface area contributed by atoms with Gasteiger partial charge in [-0.3, -0.25) is 14.4 Å². The van der Waals surface area contributed by atoms with Gasteiger partial charge in [-0.25, -0.2) is 13.1 Å². The van der Waals surface area contributed by atoms with Gasteiger partial charge in [0.25, 0.3) is 5.91 Å². The van der Waals surface area contributed by atoms with Crippen LogP contribution < -0.4 is 20.1 Å². The number of rotatable bonds is 14. The molecule has 3 amide bonds. The fourth-order valence-corrected chi connectivity index (χ4v) is 6.51. The normalized spacial score (nSPS) is 14.7. The number of ether oxygens (including phenoxy) is 1.